The summed E-state index contributed by atoms with van der Waals surface area (Å²) in [5.74, 6) is 0.284. The van der Waals surface area contributed by atoms with Crippen molar-refractivity contribution in [2.75, 3.05) is 5.73 Å². The molecule has 0 unspecified atom stereocenters. The predicted octanol–water partition coefficient (Wildman–Crippen LogP) is 2.49. The van der Waals surface area contributed by atoms with Gasteiger partial charge >= 0.3 is 0 Å². The van der Waals surface area contributed by atoms with Gasteiger partial charge in [0.05, 0.1) is 0 Å². The van der Waals surface area contributed by atoms with E-state index < -0.39 is 0 Å². The summed E-state index contributed by atoms with van der Waals surface area (Å²) in [6.45, 7) is 0. The molecule has 82 valence electrons. The molecule has 1 heterocycles. The van der Waals surface area contributed by atoms with Crippen LogP contribution in [-0.4, -0.2) is 9.97 Å². The monoisotopic (exact) mass is 235 g/mol. The van der Waals surface area contributed by atoms with Crippen molar-refractivity contribution in [3.63, 3.8) is 0 Å². The Hall–Kier alpha value is -1.62. The van der Waals surface area contributed by atoms with Gasteiger partial charge in [0, 0.05) is 23.8 Å². The standard InChI is InChI=1S/C11H10FN3S/c12-9-2-3-10(13)8(6-9)7-16-11-14-4-1-5-15-11/h1-6H,7,13H2. The average Bonchev–Trinajstić information content (AvgIpc) is 2.32. The molecular formula is C11H10FN3S. The Morgan fingerprint density at radius 2 is 2.00 bits per heavy atom. The van der Waals surface area contributed by atoms with Gasteiger partial charge in [0.1, 0.15) is 5.82 Å². The predicted molar refractivity (Wildman–Crippen MR) is 62.4 cm³/mol. The Balaban J connectivity index is 2.08. The van der Waals surface area contributed by atoms with Gasteiger partial charge in [0.15, 0.2) is 5.16 Å². The molecule has 5 heteroatoms. The zero-order valence-corrected chi connectivity index (χ0v) is 9.25. The van der Waals surface area contributed by atoms with Crippen molar-refractivity contribution < 1.29 is 4.39 Å². The van der Waals surface area contributed by atoms with E-state index in [0.29, 0.717) is 16.6 Å². The first kappa shape index (κ1) is 10.9. The lowest BCUT2D eigenvalue weighted by molar-refractivity contribution is 0.627. The van der Waals surface area contributed by atoms with Crippen molar-refractivity contribution in [3.05, 3.63) is 48.0 Å². The van der Waals surface area contributed by atoms with Crippen molar-refractivity contribution >= 4 is 17.4 Å². The first-order chi connectivity index (χ1) is 7.75. The fraction of sp³-hybridized carbons (Fsp3) is 0.0909. The van der Waals surface area contributed by atoms with E-state index in [9.17, 15) is 4.39 Å². The van der Waals surface area contributed by atoms with Gasteiger partial charge in [-0.2, -0.15) is 0 Å². The van der Waals surface area contributed by atoms with E-state index in [0.717, 1.165) is 5.56 Å². The Bertz CT molecular complexity index is 476. The molecule has 0 spiro atoms. The molecule has 1 aromatic carbocycles. The number of aromatic nitrogens is 2. The summed E-state index contributed by atoms with van der Waals surface area (Å²) >= 11 is 1.43. The number of hydrogen-bond acceptors (Lipinski definition) is 4. The number of nitrogens with zero attached hydrogens (tertiary/aromatic N) is 2. The Labute approximate surface area is 96.9 Å². The van der Waals surface area contributed by atoms with Crippen LogP contribution in [-0.2, 0) is 5.75 Å². The molecule has 0 fully saturated rings. The van der Waals surface area contributed by atoms with Gasteiger partial charge in [0.2, 0.25) is 0 Å². The molecule has 0 bridgehead atoms. The fourth-order valence-electron chi connectivity index (χ4n) is 1.20. The maximum absolute atomic E-state index is 13.0. The van der Waals surface area contributed by atoms with Crippen LogP contribution in [0.5, 0.6) is 0 Å². The second kappa shape index (κ2) is 4.94. The van der Waals surface area contributed by atoms with Crippen LogP contribution in [0.1, 0.15) is 5.56 Å². The lowest BCUT2D eigenvalue weighted by Crippen LogP contribution is -1.94. The van der Waals surface area contributed by atoms with Crippen molar-refractivity contribution in [2.45, 2.75) is 10.9 Å². The molecule has 2 aromatic rings. The molecule has 0 atom stereocenters. The topological polar surface area (TPSA) is 51.8 Å². The van der Waals surface area contributed by atoms with Crippen molar-refractivity contribution in [1.82, 2.24) is 9.97 Å². The molecule has 16 heavy (non-hydrogen) atoms. The van der Waals surface area contributed by atoms with E-state index in [1.807, 2.05) is 0 Å². The van der Waals surface area contributed by atoms with Crippen LogP contribution in [0.3, 0.4) is 0 Å². The molecule has 2 N–H and O–H groups in total. The molecule has 0 saturated heterocycles. The molecule has 0 saturated carbocycles. The maximum atomic E-state index is 13.0. The van der Waals surface area contributed by atoms with Crippen molar-refractivity contribution in [1.29, 1.82) is 0 Å². The molecule has 0 aliphatic heterocycles. The molecule has 0 radical (unpaired) electrons. The highest BCUT2D eigenvalue weighted by Gasteiger charge is 2.03. The zero-order valence-electron chi connectivity index (χ0n) is 8.43. The van der Waals surface area contributed by atoms with Gasteiger partial charge in [-0.15, -0.1) is 0 Å². The number of benzene rings is 1. The number of nitrogens with two attached hydrogens (primary N) is 1. The van der Waals surface area contributed by atoms with Crippen LogP contribution in [0.25, 0.3) is 0 Å². The van der Waals surface area contributed by atoms with E-state index >= 15 is 0 Å². The van der Waals surface area contributed by atoms with Gasteiger partial charge in [-0.1, -0.05) is 11.8 Å². The van der Waals surface area contributed by atoms with Crippen LogP contribution >= 0.6 is 11.8 Å². The van der Waals surface area contributed by atoms with Crippen molar-refractivity contribution in [2.24, 2.45) is 0 Å². The van der Waals surface area contributed by atoms with Gasteiger partial charge in [0.25, 0.3) is 0 Å². The smallest absolute Gasteiger partial charge is 0.187 e. The number of rotatable bonds is 3. The van der Waals surface area contributed by atoms with E-state index in [2.05, 4.69) is 9.97 Å². The molecular weight excluding hydrogens is 225 g/mol. The zero-order chi connectivity index (χ0) is 11.4. The van der Waals surface area contributed by atoms with Gasteiger partial charge in [-0.25, -0.2) is 14.4 Å². The second-order valence-corrected chi connectivity index (χ2v) is 4.11. The quantitative estimate of drug-likeness (QED) is 0.504. The van der Waals surface area contributed by atoms with E-state index in [1.54, 1.807) is 24.5 Å². The molecule has 3 nitrogen and oxygen atoms in total. The average molecular weight is 235 g/mol. The summed E-state index contributed by atoms with van der Waals surface area (Å²) < 4.78 is 13.0. The van der Waals surface area contributed by atoms with E-state index in [4.69, 9.17) is 5.73 Å². The first-order valence-electron chi connectivity index (χ1n) is 4.69. The molecule has 2 rings (SSSR count). The second-order valence-electron chi connectivity index (χ2n) is 3.16. The van der Waals surface area contributed by atoms with Gasteiger partial charge in [-0.05, 0) is 29.8 Å². The summed E-state index contributed by atoms with van der Waals surface area (Å²) in [4.78, 5) is 8.13. The highest BCUT2D eigenvalue weighted by Crippen LogP contribution is 2.23. The van der Waals surface area contributed by atoms with Crippen LogP contribution < -0.4 is 5.73 Å². The lowest BCUT2D eigenvalue weighted by Gasteiger charge is -2.04. The van der Waals surface area contributed by atoms with Crippen molar-refractivity contribution in [3.8, 4) is 0 Å². The summed E-state index contributed by atoms with van der Waals surface area (Å²) in [5.41, 5.74) is 7.08. The number of anilines is 1. The minimum Gasteiger partial charge on any atom is -0.398 e. The lowest BCUT2D eigenvalue weighted by atomic mass is 10.2. The largest absolute Gasteiger partial charge is 0.398 e. The third kappa shape index (κ3) is 2.70. The highest BCUT2D eigenvalue weighted by atomic mass is 32.2. The normalized spacial score (nSPS) is 10.3. The van der Waals surface area contributed by atoms with Crippen LogP contribution in [0, 0.1) is 5.82 Å². The number of hydrogen-bond donors (Lipinski definition) is 1. The summed E-state index contributed by atoms with van der Waals surface area (Å²) in [5, 5.41) is 0.658. The number of thioether (sulfide) groups is 1. The minimum atomic E-state index is -0.279. The fourth-order valence-corrected chi connectivity index (χ4v) is 2.01. The van der Waals surface area contributed by atoms with E-state index in [1.165, 1.54) is 23.9 Å². The maximum Gasteiger partial charge on any atom is 0.187 e. The first-order valence-corrected chi connectivity index (χ1v) is 5.68. The molecule has 1 aromatic heterocycles. The van der Waals surface area contributed by atoms with Crippen LogP contribution in [0.15, 0.2) is 41.8 Å². The van der Waals surface area contributed by atoms with E-state index in [-0.39, 0.29) is 5.82 Å². The van der Waals surface area contributed by atoms with Crippen LogP contribution in [0.2, 0.25) is 0 Å². The Kier molecular flexibility index (Phi) is 3.36. The Morgan fingerprint density at radius 1 is 1.25 bits per heavy atom. The summed E-state index contributed by atoms with van der Waals surface area (Å²) in [7, 11) is 0. The van der Waals surface area contributed by atoms with Gasteiger partial charge < -0.3 is 5.73 Å². The third-order valence-corrected chi connectivity index (χ3v) is 2.93. The third-order valence-electron chi connectivity index (χ3n) is 2.00. The van der Waals surface area contributed by atoms with Crippen LogP contribution in [0.4, 0.5) is 10.1 Å². The summed E-state index contributed by atoms with van der Waals surface area (Å²) in [6.07, 6.45) is 3.34. The number of halogens is 1. The summed E-state index contributed by atoms with van der Waals surface area (Å²) in [6, 6.07) is 6.10. The molecule has 0 aliphatic carbocycles. The Morgan fingerprint density at radius 3 is 2.75 bits per heavy atom. The SMILES string of the molecule is Nc1ccc(F)cc1CSc1ncccn1. The molecule has 0 amide bonds. The van der Waals surface area contributed by atoms with Gasteiger partial charge in [-0.3, -0.25) is 0 Å². The minimum absolute atomic E-state index is 0.279. The number of nitrogen functional groups attached to an aromatic ring is 1. The highest BCUT2D eigenvalue weighted by molar-refractivity contribution is 7.98. The molecule has 0 aliphatic rings.